The summed E-state index contributed by atoms with van der Waals surface area (Å²) >= 11 is 0. The number of ether oxygens (including phenoxy) is 1. The van der Waals surface area contributed by atoms with Crippen LogP contribution in [0.15, 0.2) is 24.5 Å². The lowest BCUT2D eigenvalue weighted by molar-refractivity contribution is -0.137. The van der Waals surface area contributed by atoms with Gasteiger partial charge in [-0.3, -0.25) is 4.79 Å². The lowest BCUT2D eigenvalue weighted by atomic mass is 10.2. The minimum Gasteiger partial charge on any atom is -0.481 e. The predicted molar refractivity (Wildman–Crippen MR) is 83.6 cm³/mol. The minimum atomic E-state index is -4.52. The van der Waals surface area contributed by atoms with Gasteiger partial charge in [-0.1, -0.05) is 0 Å². The quantitative estimate of drug-likeness (QED) is 0.766. The van der Waals surface area contributed by atoms with E-state index >= 15 is 0 Å². The van der Waals surface area contributed by atoms with Crippen LogP contribution in [0.4, 0.5) is 23.4 Å². The molecule has 0 saturated heterocycles. The third kappa shape index (κ3) is 5.55. The number of nitrogens with zero attached hydrogens (tertiary/aromatic N) is 3. The highest BCUT2D eigenvalue weighted by Gasteiger charge is 2.27. The van der Waals surface area contributed by atoms with Gasteiger partial charge < -0.3 is 15.4 Å². The molecule has 0 unspecified atom stereocenters. The number of carbonyl (C=O) groups excluding carboxylic acids is 1. The van der Waals surface area contributed by atoms with Gasteiger partial charge in [0.15, 0.2) is 17.5 Å². The lowest BCUT2D eigenvalue weighted by Crippen LogP contribution is -2.37. The number of anilines is 1. The van der Waals surface area contributed by atoms with Crippen molar-refractivity contribution < 1.29 is 29.9 Å². The molecule has 0 radical (unpaired) electrons. The minimum absolute atomic E-state index is 0. The molecule has 0 aliphatic carbocycles. The number of carbonyl (C=O) groups is 1. The van der Waals surface area contributed by atoms with Crippen LogP contribution in [0, 0.1) is 5.82 Å². The SMILES string of the molecule is COc1ccc(-c2ncc(F)c(NCC(=O)NCC(F)(F)F)n2)cn1.[HH].[HH]. The average Bonchev–Trinajstić information content (AvgIpc) is 2.59. The molecule has 7 nitrogen and oxygen atoms in total. The van der Waals surface area contributed by atoms with Gasteiger partial charge in [0.25, 0.3) is 0 Å². The first-order valence-corrected chi connectivity index (χ1v) is 6.89. The molecule has 2 rings (SSSR count). The Morgan fingerprint density at radius 3 is 2.64 bits per heavy atom. The normalized spacial score (nSPS) is 11.1. The van der Waals surface area contributed by atoms with Gasteiger partial charge in [0.05, 0.1) is 19.9 Å². The van der Waals surface area contributed by atoms with E-state index in [0.29, 0.717) is 11.4 Å². The highest BCUT2D eigenvalue weighted by Crippen LogP contribution is 2.19. The zero-order valence-electron chi connectivity index (χ0n) is 12.9. The largest absolute Gasteiger partial charge is 0.481 e. The fraction of sp³-hybridized carbons (Fsp3) is 0.286. The maximum Gasteiger partial charge on any atom is 0.405 e. The molecule has 0 aromatic carbocycles. The molecule has 2 aromatic heterocycles. The fourth-order valence-electron chi connectivity index (χ4n) is 1.69. The molecule has 0 bridgehead atoms. The van der Waals surface area contributed by atoms with Crippen molar-refractivity contribution in [1.82, 2.24) is 20.3 Å². The van der Waals surface area contributed by atoms with E-state index in [-0.39, 0.29) is 14.5 Å². The van der Waals surface area contributed by atoms with Gasteiger partial charge >= 0.3 is 6.18 Å². The number of hydrogen-bond donors (Lipinski definition) is 2. The number of rotatable bonds is 6. The third-order valence-corrected chi connectivity index (χ3v) is 2.85. The molecule has 0 aliphatic heterocycles. The van der Waals surface area contributed by atoms with Crippen LogP contribution in [-0.4, -0.2) is 47.2 Å². The summed E-state index contributed by atoms with van der Waals surface area (Å²) in [4.78, 5) is 23.0. The van der Waals surface area contributed by atoms with Crippen molar-refractivity contribution in [1.29, 1.82) is 0 Å². The van der Waals surface area contributed by atoms with Gasteiger partial charge in [-0.25, -0.2) is 19.3 Å². The van der Waals surface area contributed by atoms with Crippen LogP contribution in [-0.2, 0) is 4.79 Å². The second kappa shape index (κ2) is 7.73. The molecule has 0 aliphatic rings. The number of pyridine rings is 1. The van der Waals surface area contributed by atoms with Gasteiger partial charge in [-0.05, 0) is 6.07 Å². The summed E-state index contributed by atoms with van der Waals surface area (Å²) < 4.78 is 54.6. The molecular weight excluding hydrogens is 346 g/mol. The van der Waals surface area contributed by atoms with E-state index < -0.39 is 31.0 Å². The number of hydrogen-bond acceptors (Lipinski definition) is 6. The summed E-state index contributed by atoms with van der Waals surface area (Å²) in [7, 11) is 1.45. The summed E-state index contributed by atoms with van der Waals surface area (Å²) in [5.74, 6) is -1.64. The van der Waals surface area contributed by atoms with Crippen LogP contribution < -0.4 is 15.4 Å². The zero-order chi connectivity index (χ0) is 18.4. The van der Waals surface area contributed by atoms with Gasteiger partial charge in [0.1, 0.15) is 6.54 Å². The van der Waals surface area contributed by atoms with Crippen molar-refractivity contribution in [3.63, 3.8) is 0 Å². The Hall–Kier alpha value is -2.98. The number of amides is 1. The smallest absolute Gasteiger partial charge is 0.405 e. The monoisotopic (exact) mass is 363 g/mol. The Labute approximate surface area is 142 Å². The highest BCUT2D eigenvalue weighted by molar-refractivity contribution is 5.80. The van der Waals surface area contributed by atoms with Crippen molar-refractivity contribution in [3.05, 3.63) is 30.3 Å². The van der Waals surface area contributed by atoms with E-state index in [2.05, 4.69) is 20.3 Å². The predicted octanol–water partition coefficient (Wildman–Crippen LogP) is 2.27. The Balaban J connectivity index is 0.00000338. The first-order valence-electron chi connectivity index (χ1n) is 6.89. The molecule has 11 heteroatoms. The van der Waals surface area contributed by atoms with Crippen LogP contribution in [0.25, 0.3) is 11.4 Å². The maximum absolute atomic E-state index is 13.7. The zero-order valence-corrected chi connectivity index (χ0v) is 12.9. The van der Waals surface area contributed by atoms with E-state index in [1.165, 1.54) is 13.3 Å². The van der Waals surface area contributed by atoms with E-state index in [0.717, 1.165) is 6.20 Å². The van der Waals surface area contributed by atoms with Crippen molar-refractivity contribution in [2.24, 2.45) is 0 Å². The van der Waals surface area contributed by atoms with E-state index in [1.807, 2.05) is 0 Å². The molecule has 0 fully saturated rings. The van der Waals surface area contributed by atoms with Gasteiger partial charge in [0.2, 0.25) is 11.8 Å². The number of methoxy groups -OCH3 is 1. The number of halogens is 4. The van der Waals surface area contributed by atoms with E-state index in [1.54, 1.807) is 17.4 Å². The molecule has 25 heavy (non-hydrogen) atoms. The van der Waals surface area contributed by atoms with Crippen molar-refractivity contribution >= 4 is 11.7 Å². The van der Waals surface area contributed by atoms with Crippen LogP contribution >= 0.6 is 0 Å². The Bertz CT molecular complexity index is 747. The second-order valence-corrected chi connectivity index (χ2v) is 4.72. The fourth-order valence-corrected chi connectivity index (χ4v) is 1.69. The summed E-state index contributed by atoms with van der Waals surface area (Å²) in [6.07, 6.45) is -2.24. The molecule has 0 saturated carbocycles. The molecule has 138 valence electrons. The molecule has 0 spiro atoms. The van der Waals surface area contributed by atoms with Crippen LogP contribution in [0.3, 0.4) is 0 Å². The first kappa shape index (κ1) is 18.4. The van der Waals surface area contributed by atoms with Crippen LogP contribution in [0.5, 0.6) is 5.88 Å². The number of alkyl halides is 3. The van der Waals surface area contributed by atoms with Gasteiger partial charge in [-0.15, -0.1) is 0 Å². The molecule has 1 amide bonds. The first-order chi connectivity index (χ1) is 11.8. The second-order valence-electron chi connectivity index (χ2n) is 4.72. The lowest BCUT2D eigenvalue weighted by Gasteiger charge is -2.10. The number of aromatic nitrogens is 3. The maximum atomic E-state index is 13.7. The summed E-state index contributed by atoms with van der Waals surface area (Å²) in [5, 5.41) is 3.99. The topological polar surface area (TPSA) is 89.0 Å². The Morgan fingerprint density at radius 1 is 1.28 bits per heavy atom. The highest BCUT2D eigenvalue weighted by atomic mass is 19.4. The van der Waals surface area contributed by atoms with Crippen LogP contribution in [0.2, 0.25) is 0 Å². The summed E-state index contributed by atoms with van der Waals surface area (Å²) in [6.45, 7) is -2.05. The number of nitrogens with one attached hydrogen (secondary N) is 2. The molecular formula is C14H17F4N5O2. The molecule has 0 atom stereocenters. The van der Waals surface area contributed by atoms with Crippen molar-refractivity contribution in [3.8, 4) is 17.3 Å². The Kier molecular flexibility index (Phi) is 5.67. The summed E-state index contributed by atoms with van der Waals surface area (Å²) in [5.41, 5.74) is 0.463. The third-order valence-electron chi connectivity index (χ3n) is 2.85. The Morgan fingerprint density at radius 2 is 2.04 bits per heavy atom. The average molecular weight is 363 g/mol. The van der Waals surface area contributed by atoms with E-state index in [4.69, 9.17) is 4.74 Å². The molecule has 2 aromatic rings. The van der Waals surface area contributed by atoms with Crippen molar-refractivity contribution in [2.75, 3.05) is 25.5 Å². The van der Waals surface area contributed by atoms with Crippen molar-refractivity contribution in [2.45, 2.75) is 6.18 Å². The summed E-state index contributed by atoms with van der Waals surface area (Å²) in [6, 6.07) is 3.15. The molecule has 2 N–H and O–H groups in total. The van der Waals surface area contributed by atoms with E-state index in [9.17, 15) is 22.4 Å². The van der Waals surface area contributed by atoms with Gasteiger partial charge in [-0.2, -0.15) is 13.2 Å². The standard InChI is InChI=1S/C14H13F4N5O2.2H2/c1-25-11-3-2-8(4-19-11)12-20-5-9(15)13(23-12)21-6-10(24)22-7-14(16,17)18;;/h2-5H,6-7H2,1H3,(H,22,24)(H,20,21,23);2*1H. The van der Waals surface area contributed by atoms with Crippen LogP contribution in [0.1, 0.15) is 2.85 Å². The van der Waals surface area contributed by atoms with Gasteiger partial charge in [0, 0.05) is 20.7 Å². The molecule has 2 heterocycles.